The highest BCUT2D eigenvalue weighted by molar-refractivity contribution is 5.96. The quantitative estimate of drug-likeness (QED) is 0.158. The fraction of sp³-hybridized carbons (Fsp3) is 0.368. The van der Waals surface area contributed by atoms with Crippen molar-refractivity contribution in [2.75, 3.05) is 6.54 Å². The van der Waals surface area contributed by atoms with Crippen LogP contribution >= 0.6 is 0 Å². The summed E-state index contributed by atoms with van der Waals surface area (Å²) in [6.45, 7) is -0.677. The van der Waals surface area contributed by atoms with Crippen LogP contribution in [0.4, 0.5) is 0 Å². The van der Waals surface area contributed by atoms with Crippen LogP contribution in [0.1, 0.15) is 18.4 Å². The van der Waals surface area contributed by atoms with E-state index < -0.39 is 73.0 Å². The molecule has 0 bridgehead atoms. The number of nitrogens with one attached hydrogen (secondary N) is 3. The van der Waals surface area contributed by atoms with Gasteiger partial charge in [0.2, 0.25) is 29.5 Å². The third kappa shape index (κ3) is 9.67. The summed E-state index contributed by atoms with van der Waals surface area (Å²) in [6, 6.07) is 4.45. The number of hydrogen-bond donors (Lipinski definition) is 7. The number of amides is 5. The molecule has 1 aromatic rings. The van der Waals surface area contributed by atoms with E-state index in [9.17, 15) is 28.8 Å². The molecule has 0 heterocycles. The Kier molecular flexibility index (Phi) is 10.3. The van der Waals surface area contributed by atoms with Crippen LogP contribution in [0, 0.1) is 0 Å². The van der Waals surface area contributed by atoms with Crippen LogP contribution in [0.2, 0.25) is 0 Å². The summed E-state index contributed by atoms with van der Waals surface area (Å²) >= 11 is 0. The first-order valence-corrected chi connectivity index (χ1v) is 9.46. The van der Waals surface area contributed by atoms with Gasteiger partial charge in [0.15, 0.2) is 0 Å². The molecule has 0 fully saturated rings. The van der Waals surface area contributed by atoms with Crippen molar-refractivity contribution in [2.24, 2.45) is 17.2 Å². The fourth-order valence-corrected chi connectivity index (χ4v) is 2.62. The molecule has 5 amide bonds. The predicted molar refractivity (Wildman–Crippen MR) is 110 cm³/mol. The Morgan fingerprint density at radius 1 is 0.812 bits per heavy atom. The molecule has 174 valence electrons. The van der Waals surface area contributed by atoms with Gasteiger partial charge < -0.3 is 38.3 Å². The lowest BCUT2D eigenvalue weighted by molar-refractivity contribution is -0.138. The lowest BCUT2D eigenvalue weighted by atomic mass is 10.0. The zero-order valence-corrected chi connectivity index (χ0v) is 17.1. The number of carbonyl (C=O) groups is 6. The van der Waals surface area contributed by atoms with Gasteiger partial charge in [0.05, 0.1) is 18.9 Å². The highest BCUT2D eigenvalue weighted by Crippen LogP contribution is 2.05. The van der Waals surface area contributed by atoms with Gasteiger partial charge in [-0.15, -0.1) is 0 Å². The van der Waals surface area contributed by atoms with Gasteiger partial charge in [-0.1, -0.05) is 30.3 Å². The van der Waals surface area contributed by atoms with Gasteiger partial charge in [0.25, 0.3) is 0 Å². The lowest BCUT2D eigenvalue weighted by Crippen LogP contribution is -2.57. The maximum atomic E-state index is 12.7. The first-order chi connectivity index (χ1) is 15.0. The van der Waals surface area contributed by atoms with E-state index >= 15 is 0 Å². The largest absolute Gasteiger partial charge is 0.480 e. The van der Waals surface area contributed by atoms with E-state index in [-0.39, 0.29) is 6.42 Å². The summed E-state index contributed by atoms with van der Waals surface area (Å²) < 4.78 is 0. The first kappa shape index (κ1) is 26.0. The maximum Gasteiger partial charge on any atom is 0.322 e. The highest BCUT2D eigenvalue weighted by Gasteiger charge is 2.30. The zero-order chi connectivity index (χ0) is 24.3. The molecule has 0 aliphatic rings. The Labute approximate surface area is 183 Å². The van der Waals surface area contributed by atoms with Crippen LogP contribution < -0.4 is 33.2 Å². The summed E-state index contributed by atoms with van der Waals surface area (Å²) in [5.74, 6) is -5.72. The molecule has 0 aliphatic carbocycles. The van der Waals surface area contributed by atoms with Crippen molar-refractivity contribution >= 4 is 35.5 Å². The lowest BCUT2D eigenvalue weighted by Gasteiger charge is -2.23. The molecule has 0 aromatic heterocycles. The normalized spacial score (nSPS) is 13.2. The molecule has 0 aliphatic heterocycles. The van der Waals surface area contributed by atoms with Gasteiger partial charge in [0.1, 0.15) is 18.6 Å². The number of hydrogen-bond acceptors (Lipinski definition) is 7. The molecule has 3 atom stereocenters. The van der Waals surface area contributed by atoms with E-state index in [1.165, 1.54) is 0 Å². The van der Waals surface area contributed by atoms with Gasteiger partial charge in [-0.25, -0.2) is 0 Å². The van der Waals surface area contributed by atoms with E-state index in [4.69, 9.17) is 22.3 Å². The van der Waals surface area contributed by atoms with E-state index in [0.29, 0.717) is 5.56 Å². The van der Waals surface area contributed by atoms with Gasteiger partial charge in [-0.2, -0.15) is 0 Å². The fourth-order valence-electron chi connectivity index (χ4n) is 2.62. The summed E-state index contributed by atoms with van der Waals surface area (Å²) in [6.07, 6.45) is -1.11. The molecule has 0 spiro atoms. The van der Waals surface area contributed by atoms with Gasteiger partial charge in [0, 0.05) is 6.42 Å². The van der Waals surface area contributed by atoms with Gasteiger partial charge in [-0.05, 0) is 5.56 Å². The highest BCUT2D eigenvalue weighted by atomic mass is 16.4. The van der Waals surface area contributed by atoms with Crippen molar-refractivity contribution < 1.29 is 33.9 Å². The second-order valence-corrected chi connectivity index (χ2v) is 6.87. The second-order valence-electron chi connectivity index (χ2n) is 6.87. The molecule has 0 saturated heterocycles. The Hall–Kier alpha value is -4.00. The van der Waals surface area contributed by atoms with Crippen molar-refractivity contribution in [3.8, 4) is 0 Å². The molecule has 32 heavy (non-hydrogen) atoms. The van der Waals surface area contributed by atoms with E-state index in [1.54, 1.807) is 30.3 Å². The Morgan fingerprint density at radius 2 is 1.38 bits per heavy atom. The molecule has 1 aromatic carbocycles. The summed E-state index contributed by atoms with van der Waals surface area (Å²) in [5.41, 5.74) is 16.3. The Balaban J connectivity index is 3.00. The molecule has 13 heteroatoms. The van der Waals surface area contributed by atoms with Gasteiger partial charge in [-0.3, -0.25) is 28.8 Å². The number of primary amides is 2. The van der Waals surface area contributed by atoms with Crippen LogP contribution in [0.25, 0.3) is 0 Å². The number of nitrogens with two attached hydrogens (primary N) is 3. The third-order valence-corrected chi connectivity index (χ3v) is 4.13. The first-order valence-electron chi connectivity index (χ1n) is 9.46. The molecule has 10 N–H and O–H groups in total. The number of benzene rings is 1. The van der Waals surface area contributed by atoms with Gasteiger partial charge >= 0.3 is 5.97 Å². The molecular weight excluding hydrogens is 424 g/mol. The van der Waals surface area contributed by atoms with Crippen molar-refractivity contribution in [2.45, 2.75) is 37.4 Å². The summed E-state index contributed by atoms with van der Waals surface area (Å²) in [4.78, 5) is 70.4. The van der Waals surface area contributed by atoms with E-state index in [2.05, 4.69) is 16.0 Å². The number of carboxylic acid groups (broad SMARTS) is 1. The smallest absolute Gasteiger partial charge is 0.322 e. The van der Waals surface area contributed by atoms with Crippen molar-refractivity contribution in [1.82, 2.24) is 16.0 Å². The number of carboxylic acids is 1. The minimum absolute atomic E-state index is 0.00351. The SMILES string of the molecule is NC(=O)CC(N)C(=O)NC(CC(N)=O)C(=O)NC(Cc1ccccc1)C(=O)NCC(=O)O. The minimum Gasteiger partial charge on any atom is -0.480 e. The zero-order valence-electron chi connectivity index (χ0n) is 17.1. The average molecular weight is 450 g/mol. The van der Waals surface area contributed by atoms with Crippen LogP contribution in [0.3, 0.4) is 0 Å². The molecule has 0 radical (unpaired) electrons. The van der Waals surface area contributed by atoms with E-state index in [1.807, 2.05) is 0 Å². The summed E-state index contributed by atoms with van der Waals surface area (Å²) in [5, 5.41) is 15.5. The Morgan fingerprint density at radius 3 is 1.91 bits per heavy atom. The molecule has 13 nitrogen and oxygen atoms in total. The van der Waals surface area contributed by atoms with Crippen molar-refractivity contribution in [1.29, 1.82) is 0 Å². The van der Waals surface area contributed by atoms with E-state index in [0.717, 1.165) is 0 Å². The summed E-state index contributed by atoms with van der Waals surface area (Å²) in [7, 11) is 0. The third-order valence-electron chi connectivity index (χ3n) is 4.13. The molecular formula is C19H26N6O7. The van der Waals surface area contributed by atoms with Crippen molar-refractivity contribution in [3.63, 3.8) is 0 Å². The topological polar surface area (TPSA) is 237 Å². The Bertz CT molecular complexity index is 861. The van der Waals surface area contributed by atoms with Crippen molar-refractivity contribution in [3.05, 3.63) is 35.9 Å². The van der Waals surface area contributed by atoms with Crippen LogP contribution in [0.5, 0.6) is 0 Å². The maximum absolute atomic E-state index is 12.7. The standard InChI is InChI=1S/C19H26N6O7/c20-11(7-14(21)26)17(30)24-13(8-15(22)27)19(32)25-12(18(31)23-9-16(28)29)6-10-4-2-1-3-5-10/h1-5,11-13H,6-9,20H2,(H2,21,26)(H2,22,27)(H,23,31)(H,24,30)(H,25,32)(H,28,29). The monoisotopic (exact) mass is 450 g/mol. The van der Waals surface area contributed by atoms with Crippen LogP contribution in [-0.4, -0.2) is 65.3 Å². The molecule has 0 saturated carbocycles. The molecule has 3 unspecified atom stereocenters. The average Bonchev–Trinajstić information content (AvgIpc) is 2.70. The van der Waals surface area contributed by atoms with Crippen LogP contribution in [-0.2, 0) is 35.2 Å². The van der Waals surface area contributed by atoms with Crippen LogP contribution in [0.15, 0.2) is 30.3 Å². The molecule has 1 rings (SSSR count). The number of rotatable bonds is 13. The second kappa shape index (κ2) is 12.6. The number of carbonyl (C=O) groups excluding carboxylic acids is 5. The predicted octanol–water partition coefficient (Wildman–Crippen LogP) is -3.52. The number of aliphatic carboxylic acids is 1. The minimum atomic E-state index is -1.50.